The second-order valence-electron chi connectivity index (χ2n) is 7.11. The van der Waals surface area contributed by atoms with Crippen LogP contribution in [0.3, 0.4) is 0 Å². The lowest BCUT2D eigenvalue weighted by Crippen LogP contribution is -2.04. The van der Waals surface area contributed by atoms with Gasteiger partial charge in [0.1, 0.15) is 11.4 Å². The molecule has 5 aromatic rings. The van der Waals surface area contributed by atoms with Crippen LogP contribution >= 0.6 is 11.8 Å². The lowest BCUT2D eigenvalue weighted by molar-refractivity contribution is 0.801. The van der Waals surface area contributed by atoms with Crippen molar-refractivity contribution in [1.29, 1.82) is 0 Å². The van der Waals surface area contributed by atoms with E-state index < -0.39 is 0 Å². The van der Waals surface area contributed by atoms with Crippen molar-refractivity contribution in [2.75, 3.05) is 0 Å². The van der Waals surface area contributed by atoms with Gasteiger partial charge in [0.15, 0.2) is 5.82 Å². The van der Waals surface area contributed by atoms with Crippen molar-refractivity contribution in [1.82, 2.24) is 34.3 Å². The first-order chi connectivity index (χ1) is 14.9. The Hall–Kier alpha value is -3.52. The third-order valence-corrected chi connectivity index (χ3v) is 6.33. The lowest BCUT2D eigenvalue weighted by Gasteiger charge is -2.12. The number of hydrogen-bond acceptors (Lipinski definition) is 6. The number of fused-ring (bicyclic) bond motifs is 2. The molecule has 0 N–H and O–H groups in total. The molecule has 0 amide bonds. The van der Waals surface area contributed by atoms with E-state index in [4.69, 9.17) is 0 Å². The largest absolute Gasteiger partial charge is 0.270 e. The molecule has 0 unspecified atom stereocenters. The first kappa shape index (κ1) is 17.3. The highest BCUT2D eigenvalue weighted by Gasteiger charge is 2.24. The van der Waals surface area contributed by atoms with E-state index in [1.54, 1.807) is 18.1 Å². The molecule has 0 atom stereocenters. The van der Waals surface area contributed by atoms with Crippen LogP contribution in [0.5, 0.6) is 0 Å². The molecule has 2 aromatic carbocycles. The van der Waals surface area contributed by atoms with Gasteiger partial charge in [-0.2, -0.15) is 14.6 Å². The third kappa shape index (κ3) is 2.80. The van der Waals surface area contributed by atoms with Crippen molar-refractivity contribution in [3.63, 3.8) is 0 Å². The molecular formula is C22H17N7S. The summed E-state index contributed by atoms with van der Waals surface area (Å²) in [6.45, 7) is 0. The predicted molar refractivity (Wildman–Crippen MR) is 114 cm³/mol. The van der Waals surface area contributed by atoms with Gasteiger partial charge in [0, 0.05) is 16.8 Å². The first-order valence-corrected chi connectivity index (χ1v) is 10.7. The number of benzene rings is 2. The second-order valence-corrected chi connectivity index (χ2v) is 8.07. The molecule has 0 saturated carbocycles. The van der Waals surface area contributed by atoms with Gasteiger partial charge in [-0.05, 0) is 43.2 Å². The van der Waals surface area contributed by atoms with Crippen molar-refractivity contribution in [3.8, 4) is 17.1 Å². The van der Waals surface area contributed by atoms with Crippen LogP contribution in [0.25, 0.3) is 22.9 Å². The fourth-order valence-electron chi connectivity index (χ4n) is 3.90. The molecule has 1 aliphatic carbocycles. The third-order valence-electron chi connectivity index (χ3n) is 5.27. The van der Waals surface area contributed by atoms with Gasteiger partial charge >= 0.3 is 0 Å². The van der Waals surface area contributed by atoms with E-state index in [9.17, 15) is 0 Å². The minimum absolute atomic E-state index is 0.632. The summed E-state index contributed by atoms with van der Waals surface area (Å²) >= 11 is 1.57. The van der Waals surface area contributed by atoms with Gasteiger partial charge in [-0.1, -0.05) is 48.5 Å². The quantitative estimate of drug-likeness (QED) is 0.416. The fourth-order valence-corrected chi connectivity index (χ4v) is 4.99. The summed E-state index contributed by atoms with van der Waals surface area (Å²) in [5, 5.41) is 15.4. The number of para-hydroxylation sites is 1. The Kier molecular flexibility index (Phi) is 4.09. The highest BCUT2D eigenvalue weighted by molar-refractivity contribution is 7.99. The standard InChI is InChI=1S/C22H17N7S/c1-3-8-15(9-4-1)19-26-27-22(28(19)16-10-5-2-6-11-16)30-20-17-12-7-13-18(17)25-21-23-14-24-29(20)21/h1-6,8-11,14H,7,12-13H2. The van der Waals surface area contributed by atoms with E-state index in [2.05, 4.69) is 54.1 Å². The number of nitrogens with zero attached hydrogens (tertiary/aromatic N) is 7. The molecule has 0 bridgehead atoms. The zero-order chi connectivity index (χ0) is 19.9. The van der Waals surface area contributed by atoms with E-state index in [0.29, 0.717) is 5.78 Å². The van der Waals surface area contributed by atoms with Gasteiger partial charge < -0.3 is 0 Å². The Morgan fingerprint density at radius 1 is 0.867 bits per heavy atom. The number of rotatable bonds is 4. The van der Waals surface area contributed by atoms with Gasteiger partial charge in [0.05, 0.1) is 5.69 Å². The Labute approximate surface area is 176 Å². The maximum absolute atomic E-state index is 4.68. The van der Waals surface area contributed by atoms with Gasteiger partial charge in [-0.25, -0.2) is 4.98 Å². The van der Waals surface area contributed by atoms with Gasteiger partial charge in [0.25, 0.3) is 5.78 Å². The molecule has 0 fully saturated rings. The van der Waals surface area contributed by atoms with E-state index in [1.807, 2.05) is 40.9 Å². The molecule has 3 aromatic heterocycles. The lowest BCUT2D eigenvalue weighted by atomic mass is 10.2. The average Bonchev–Trinajstić information content (AvgIpc) is 3.54. The van der Waals surface area contributed by atoms with Crippen LogP contribution < -0.4 is 0 Å². The Morgan fingerprint density at radius 2 is 1.67 bits per heavy atom. The molecule has 1 aliphatic rings. The molecule has 30 heavy (non-hydrogen) atoms. The van der Waals surface area contributed by atoms with Crippen LogP contribution in [0.4, 0.5) is 0 Å². The van der Waals surface area contributed by atoms with Crippen molar-refractivity contribution in [3.05, 3.63) is 78.2 Å². The zero-order valence-electron chi connectivity index (χ0n) is 16.0. The van der Waals surface area contributed by atoms with E-state index in [-0.39, 0.29) is 0 Å². The molecule has 8 heteroatoms. The maximum Gasteiger partial charge on any atom is 0.253 e. The first-order valence-electron chi connectivity index (χ1n) is 9.84. The molecule has 7 nitrogen and oxygen atoms in total. The highest BCUT2D eigenvalue weighted by Crippen LogP contribution is 2.37. The fraction of sp³-hybridized carbons (Fsp3) is 0.136. The number of aryl methyl sites for hydroxylation is 1. The minimum Gasteiger partial charge on any atom is -0.270 e. The summed E-state index contributed by atoms with van der Waals surface area (Å²) in [4.78, 5) is 9.00. The molecule has 146 valence electrons. The van der Waals surface area contributed by atoms with E-state index >= 15 is 0 Å². The van der Waals surface area contributed by atoms with Crippen molar-refractivity contribution in [2.24, 2.45) is 0 Å². The summed E-state index contributed by atoms with van der Waals surface area (Å²) < 4.78 is 3.92. The van der Waals surface area contributed by atoms with Crippen LogP contribution in [-0.2, 0) is 12.8 Å². The van der Waals surface area contributed by atoms with E-state index in [0.717, 1.165) is 52.2 Å². The second kappa shape index (κ2) is 7.07. The van der Waals surface area contributed by atoms with Crippen LogP contribution in [0.2, 0.25) is 0 Å². The summed E-state index contributed by atoms with van der Waals surface area (Å²) in [6, 6.07) is 20.3. The molecule has 0 saturated heterocycles. The van der Waals surface area contributed by atoms with Gasteiger partial charge in [-0.3, -0.25) is 4.57 Å². The molecule has 6 rings (SSSR count). The molecular weight excluding hydrogens is 394 g/mol. The number of aromatic nitrogens is 7. The van der Waals surface area contributed by atoms with E-state index in [1.165, 1.54) is 5.56 Å². The normalized spacial score (nSPS) is 13.1. The monoisotopic (exact) mass is 411 g/mol. The summed E-state index contributed by atoms with van der Waals surface area (Å²) in [6.07, 6.45) is 4.63. The number of hydrogen-bond donors (Lipinski definition) is 0. The summed E-state index contributed by atoms with van der Waals surface area (Å²) in [5.41, 5.74) is 4.39. The van der Waals surface area contributed by atoms with Crippen molar-refractivity contribution < 1.29 is 0 Å². The van der Waals surface area contributed by atoms with Crippen LogP contribution in [-0.4, -0.2) is 34.3 Å². The summed E-state index contributed by atoms with van der Waals surface area (Å²) in [7, 11) is 0. The predicted octanol–water partition coefficient (Wildman–Crippen LogP) is 4.01. The average molecular weight is 411 g/mol. The molecule has 0 spiro atoms. The molecule has 3 heterocycles. The SMILES string of the molecule is c1ccc(-c2nnc(Sc3c4c(nc5ncnn35)CCC4)n2-c2ccccc2)cc1. The van der Waals surface area contributed by atoms with Gasteiger partial charge in [-0.15, -0.1) is 10.2 Å². The molecule has 0 radical (unpaired) electrons. The van der Waals surface area contributed by atoms with Crippen LogP contribution in [0.1, 0.15) is 17.7 Å². The van der Waals surface area contributed by atoms with Crippen LogP contribution in [0.15, 0.2) is 77.2 Å². The van der Waals surface area contributed by atoms with Crippen molar-refractivity contribution in [2.45, 2.75) is 29.4 Å². The molecule has 0 aliphatic heterocycles. The minimum atomic E-state index is 0.632. The topological polar surface area (TPSA) is 73.8 Å². The van der Waals surface area contributed by atoms with Crippen molar-refractivity contribution >= 4 is 17.5 Å². The summed E-state index contributed by atoms with van der Waals surface area (Å²) in [5.74, 6) is 1.44. The Balaban J connectivity index is 1.55. The zero-order valence-corrected chi connectivity index (χ0v) is 16.8. The van der Waals surface area contributed by atoms with Gasteiger partial charge in [0.2, 0.25) is 5.16 Å². The Morgan fingerprint density at radius 3 is 2.50 bits per heavy atom. The Bertz CT molecular complexity index is 1340. The smallest absolute Gasteiger partial charge is 0.253 e. The van der Waals surface area contributed by atoms with Crippen LogP contribution in [0, 0.1) is 0 Å². The highest BCUT2D eigenvalue weighted by atomic mass is 32.2. The maximum atomic E-state index is 4.68.